The highest BCUT2D eigenvalue weighted by molar-refractivity contribution is 6.30. The lowest BCUT2D eigenvalue weighted by Crippen LogP contribution is -2.30. The maximum Gasteiger partial charge on any atom is 0.338 e. The average molecular weight is 349 g/mol. The Balaban J connectivity index is 2.05. The average Bonchev–Trinajstić information content (AvgIpc) is 2.55. The number of nitrogens with zero attached hydrogens (tertiary/aromatic N) is 1. The Morgan fingerprint density at radius 2 is 1.92 bits per heavy atom. The standard InChI is InChI=1S/C16H13ClN2O5/c1-10(24-16(21)11-5-4-6-12(17)9-11)15(20)18-13-7-2-3-8-14(13)19(22)23/h2-10H,1H3,(H,18,20)/t10-/m0/s1. The van der Waals surface area contributed by atoms with Crippen LogP contribution in [-0.4, -0.2) is 22.9 Å². The van der Waals surface area contributed by atoms with E-state index in [4.69, 9.17) is 16.3 Å². The van der Waals surface area contributed by atoms with Crippen LogP contribution in [0, 0.1) is 10.1 Å². The molecule has 0 unspecified atom stereocenters. The van der Waals surface area contributed by atoms with Crippen molar-refractivity contribution < 1.29 is 19.2 Å². The maximum atomic E-state index is 12.1. The van der Waals surface area contributed by atoms with E-state index in [1.54, 1.807) is 18.2 Å². The fourth-order valence-corrected chi connectivity index (χ4v) is 2.06. The number of benzene rings is 2. The van der Waals surface area contributed by atoms with E-state index in [9.17, 15) is 19.7 Å². The summed E-state index contributed by atoms with van der Waals surface area (Å²) in [5.41, 5.74) is -0.0230. The molecule has 0 saturated heterocycles. The van der Waals surface area contributed by atoms with Crippen LogP contribution in [0.3, 0.4) is 0 Å². The van der Waals surface area contributed by atoms with E-state index < -0.39 is 22.9 Å². The number of hydrogen-bond donors (Lipinski definition) is 1. The Morgan fingerprint density at radius 1 is 1.21 bits per heavy atom. The van der Waals surface area contributed by atoms with Gasteiger partial charge in [0.1, 0.15) is 5.69 Å². The Morgan fingerprint density at radius 3 is 2.58 bits per heavy atom. The lowest BCUT2D eigenvalue weighted by Gasteiger charge is -2.13. The number of carbonyl (C=O) groups is 2. The molecule has 0 spiro atoms. The molecular weight excluding hydrogens is 336 g/mol. The summed E-state index contributed by atoms with van der Waals surface area (Å²) < 4.78 is 5.05. The van der Waals surface area contributed by atoms with Gasteiger partial charge < -0.3 is 10.1 Å². The molecule has 0 aromatic heterocycles. The van der Waals surface area contributed by atoms with Crippen molar-refractivity contribution in [1.29, 1.82) is 0 Å². The fraction of sp³-hybridized carbons (Fsp3) is 0.125. The smallest absolute Gasteiger partial charge is 0.338 e. The summed E-state index contributed by atoms with van der Waals surface area (Å²) in [4.78, 5) is 34.4. The first kappa shape index (κ1) is 17.4. The molecular formula is C16H13ClN2O5. The molecule has 1 amide bonds. The number of hydrogen-bond acceptors (Lipinski definition) is 5. The Hall–Kier alpha value is -2.93. The van der Waals surface area contributed by atoms with Gasteiger partial charge in [-0.3, -0.25) is 14.9 Å². The van der Waals surface area contributed by atoms with Gasteiger partial charge in [-0.2, -0.15) is 0 Å². The number of ether oxygens (including phenoxy) is 1. The number of halogens is 1. The van der Waals surface area contributed by atoms with Crippen molar-refractivity contribution in [2.75, 3.05) is 5.32 Å². The molecule has 1 N–H and O–H groups in total. The number of anilines is 1. The molecule has 0 aliphatic rings. The van der Waals surface area contributed by atoms with Gasteiger partial charge >= 0.3 is 5.97 Å². The van der Waals surface area contributed by atoms with Gasteiger partial charge in [-0.1, -0.05) is 29.8 Å². The summed E-state index contributed by atoms with van der Waals surface area (Å²) in [6.07, 6.45) is -1.14. The van der Waals surface area contributed by atoms with Crippen LogP contribution < -0.4 is 5.32 Å². The van der Waals surface area contributed by atoms with E-state index in [1.807, 2.05) is 0 Å². The summed E-state index contributed by atoms with van der Waals surface area (Å²) in [5, 5.41) is 13.7. The molecule has 0 aliphatic carbocycles. The van der Waals surface area contributed by atoms with Gasteiger partial charge in [-0.25, -0.2) is 4.79 Å². The lowest BCUT2D eigenvalue weighted by molar-refractivity contribution is -0.383. The number of para-hydroxylation sites is 2. The Labute approximate surface area is 142 Å². The van der Waals surface area contributed by atoms with Gasteiger partial charge in [-0.05, 0) is 31.2 Å². The Bertz CT molecular complexity index is 794. The molecule has 0 saturated carbocycles. The minimum atomic E-state index is -1.14. The van der Waals surface area contributed by atoms with Gasteiger partial charge in [0.15, 0.2) is 6.10 Å². The van der Waals surface area contributed by atoms with Crippen LogP contribution in [0.5, 0.6) is 0 Å². The summed E-state index contributed by atoms with van der Waals surface area (Å²) in [5.74, 6) is -1.40. The van der Waals surface area contributed by atoms with Crippen molar-refractivity contribution in [3.8, 4) is 0 Å². The number of nitro groups is 1. The zero-order valence-corrected chi connectivity index (χ0v) is 13.3. The monoisotopic (exact) mass is 348 g/mol. The summed E-state index contributed by atoms with van der Waals surface area (Å²) in [6, 6.07) is 11.8. The van der Waals surface area contributed by atoms with Crippen molar-refractivity contribution in [2.45, 2.75) is 13.0 Å². The van der Waals surface area contributed by atoms with E-state index in [0.717, 1.165) is 0 Å². The number of esters is 1. The molecule has 2 rings (SSSR count). The molecule has 0 fully saturated rings. The van der Waals surface area contributed by atoms with E-state index >= 15 is 0 Å². The number of nitrogens with one attached hydrogen (secondary N) is 1. The second-order valence-electron chi connectivity index (χ2n) is 4.82. The van der Waals surface area contributed by atoms with Crippen LogP contribution in [0.25, 0.3) is 0 Å². The number of nitro benzene ring substituents is 1. The number of amides is 1. The zero-order valence-electron chi connectivity index (χ0n) is 12.6. The van der Waals surface area contributed by atoms with Crippen molar-refractivity contribution in [3.05, 3.63) is 69.2 Å². The molecule has 0 aliphatic heterocycles. The van der Waals surface area contributed by atoms with Crippen LogP contribution in [0.15, 0.2) is 48.5 Å². The van der Waals surface area contributed by atoms with Gasteiger partial charge in [0.05, 0.1) is 10.5 Å². The third-order valence-electron chi connectivity index (χ3n) is 3.07. The molecule has 8 heteroatoms. The quantitative estimate of drug-likeness (QED) is 0.507. The van der Waals surface area contributed by atoms with E-state index in [0.29, 0.717) is 5.02 Å². The predicted molar refractivity (Wildman–Crippen MR) is 88.1 cm³/mol. The van der Waals surface area contributed by atoms with Crippen molar-refractivity contribution in [3.63, 3.8) is 0 Å². The predicted octanol–water partition coefficient (Wildman–Crippen LogP) is 3.43. The third-order valence-corrected chi connectivity index (χ3v) is 3.31. The minimum Gasteiger partial charge on any atom is -0.449 e. The topological polar surface area (TPSA) is 98.5 Å². The first-order valence-electron chi connectivity index (χ1n) is 6.89. The highest BCUT2D eigenvalue weighted by Crippen LogP contribution is 2.23. The maximum absolute atomic E-state index is 12.1. The summed E-state index contributed by atoms with van der Waals surface area (Å²) >= 11 is 5.79. The summed E-state index contributed by atoms with van der Waals surface area (Å²) in [7, 11) is 0. The first-order valence-corrected chi connectivity index (χ1v) is 7.27. The van der Waals surface area contributed by atoms with Crippen LogP contribution >= 0.6 is 11.6 Å². The van der Waals surface area contributed by atoms with Crippen LogP contribution in [0.4, 0.5) is 11.4 Å². The highest BCUT2D eigenvalue weighted by Gasteiger charge is 2.22. The molecule has 24 heavy (non-hydrogen) atoms. The molecule has 2 aromatic rings. The molecule has 124 valence electrons. The second-order valence-corrected chi connectivity index (χ2v) is 5.26. The SMILES string of the molecule is C[C@H](OC(=O)c1cccc(Cl)c1)C(=O)Nc1ccccc1[N+](=O)[O-]. The van der Waals surface area contributed by atoms with Crippen molar-refractivity contribution >= 4 is 34.9 Å². The highest BCUT2D eigenvalue weighted by atomic mass is 35.5. The second kappa shape index (κ2) is 7.56. The van der Waals surface area contributed by atoms with E-state index in [2.05, 4.69) is 5.32 Å². The van der Waals surface area contributed by atoms with Crippen LogP contribution in [0.2, 0.25) is 5.02 Å². The molecule has 0 radical (unpaired) electrons. The van der Waals surface area contributed by atoms with Gasteiger partial charge in [0.2, 0.25) is 0 Å². The van der Waals surface area contributed by atoms with Gasteiger partial charge in [0, 0.05) is 11.1 Å². The van der Waals surface area contributed by atoms with Crippen LogP contribution in [-0.2, 0) is 9.53 Å². The minimum absolute atomic E-state index is 0.0261. The normalized spacial score (nSPS) is 11.4. The molecule has 0 bridgehead atoms. The van der Waals surface area contributed by atoms with Crippen molar-refractivity contribution in [2.24, 2.45) is 0 Å². The zero-order chi connectivity index (χ0) is 17.7. The number of carbonyl (C=O) groups excluding carboxylic acids is 2. The molecule has 0 heterocycles. The van der Waals surface area contributed by atoms with Gasteiger partial charge in [-0.15, -0.1) is 0 Å². The third kappa shape index (κ3) is 4.30. The fourth-order valence-electron chi connectivity index (χ4n) is 1.87. The van der Waals surface area contributed by atoms with Gasteiger partial charge in [0.25, 0.3) is 11.6 Å². The van der Waals surface area contributed by atoms with E-state index in [1.165, 1.54) is 37.3 Å². The molecule has 7 nitrogen and oxygen atoms in total. The summed E-state index contributed by atoms with van der Waals surface area (Å²) in [6.45, 7) is 1.37. The molecule has 1 atom stereocenters. The largest absolute Gasteiger partial charge is 0.449 e. The first-order chi connectivity index (χ1) is 11.4. The van der Waals surface area contributed by atoms with E-state index in [-0.39, 0.29) is 16.9 Å². The number of rotatable bonds is 5. The van der Waals surface area contributed by atoms with Crippen LogP contribution in [0.1, 0.15) is 17.3 Å². The van der Waals surface area contributed by atoms with Crippen molar-refractivity contribution in [1.82, 2.24) is 0 Å². The molecule has 2 aromatic carbocycles. The lowest BCUT2D eigenvalue weighted by atomic mass is 10.2. The Kier molecular flexibility index (Phi) is 5.49.